The smallest absolute Gasteiger partial charge is 0.331 e. The molecule has 0 atom stereocenters. The van der Waals surface area contributed by atoms with Crippen molar-refractivity contribution in [2.45, 2.75) is 0 Å². The van der Waals surface area contributed by atoms with E-state index in [2.05, 4.69) is 0 Å². The second-order valence-electron chi connectivity index (χ2n) is 6.15. The summed E-state index contributed by atoms with van der Waals surface area (Å²) in [6.45, 7) is -0.374. The summed E-state index contributed by atoms with van der Waals surface area (Å²) >= 11 is 0. The van der Waals surface area contributed by atoms with E-state index in [1.807, 2.05) is 30.3 Å². The molecule has 150 valence electrons. The fraction of sp³-hybridized carbons (Fsp3) is 0.0435. The van der Waals surface area contributed by atoms with Crippen molar-refractivity contribution in [3.8, 4) is 11.5 Å². The third-order valence-corrected chi connectivity index (χ3v) is 4.02. The Morgan fingerprint density at radius 2 is 1.47 bits per heavy atom. The van der Waals surface area contributed by atoms with E-state index in [1.54, 1.807) is 30.3 Å². The number of carbonyl (C=O) groups is 2. The van der Waals surface area contributed by atoms with Crippen molar-refractivity contribution in [2.24, 2.45) is 0 Å². The number of carbonyl (C=O) groups excluding carboxylic acids is 2. The van der Waals surface area contributed by atoms with Crippen molar-refractivity contribution in [3.05, 3.63) is 106 Å². The molecule has 0 aliphatic heterocycles. The summed E-state index contributed by atoms with van der Waals surface area (Å²) in [6, 6.07) is 21.2. The molecule has 30 heavy (non-hydrogen) atoms. The van der Waals surface area contributed by atoms with Crippen LogP contribution in [0.4, 0.5) is 5.69 Å². The van der Waals surface area contributed by atoms with Crippen molar-refractivity contribution in [2.75, 3.05) is 6.61 Å². The molecule has 0 fully saturated rings. The normalized spacial score (nSPS) is 10.5. The lowest BCUT2D eigenvalue weighted by atomic mass is 10.1. The van der Waals surface area contributed by atoms with Crippen LogP contribution in [0.1, 0.15) is 15.9 Å². The largest absolute Gasteiger partial charge is 0.457 e. The zero-order valence-electron chi connectivity index (χ0n) is 15.8. The fourth-order valence-electron chi connectivity index (χ4n) is 2.48. The van der Waals surface area contributed by atoms with Gasteiger partial charge in [0.05, 0.1) is 4.92 Å². The Labute approximate surface area is 172 Å². The van der Waals surface area contributed by atoms with Crippen molar-refractivity contribution < 1.29 is 24.0 Å². The lowest BCUT2D eigenvalue weighted by molar-refractivity contribution is -0.384. The Bertz CT molecular complexity index is 1060. The van der Waals surface area contributed by atoms with Gasteiger partial charge in [-0.05, 0) is 48.0 Å². The van der Waals surface area contributed by atoms with E-state index in [4.69, 9.17) is 9.47 Å². The summed E-state index contributed by atoms with van der Waals surface area (Å²) in [4.78, 5) is 34.1. The molecule has 7 nitrogen and oxygen atoms in total. The molecule has 0 aliphatic rings. The molecule has 7 heteroatoms. The van der Waals surface area contributed by atoms with Gasteiger partial charge >= 0.3 is 5.97 Å². The molecule has 3 rings (SSSR count). The van der Waals surface area contributed by atoms with Crippen LogP contribution in [0, 0.1) is 10.1 Å². The summed E-state index contributed by atoms with van der Waals surface area (Å²) in [5.41, 5.74) is 1.19. The van der Waals surface area contributed by atoms with E-state index in [0.717, 1.165) is 5.56 Å². The van der Waals surface area contributed by atoms with Gasteiger partial charge in [-0.1, -0.05) is 30.3 Å². The molecular weight excluding hydrogens is 386 g/mol. The SMILES string of the molecule is O=C(/C=C/c1ccccc1)OCC(=O)c1ccc(Oc2ccc([N+](=O)[O-])cc2)cc1. The number of ketones is 1. The Morgan fingerprint density at radius 1 is 0.867 bits per heavy atom. The average molecular weight is 403 g/mol. The van der Waals surface area contributed by atoms with Gasteiger partial charge in [-0.2, -0.15) is 0 Å². The summed E-state index contributed by atoms with van der Waals surface area (Å²) in [6.07, 6.45) is 2.88. The van der Waals surface area contributed by atoms with Crippen LogP contribution in [0.15, 0.2) is 84.9 Å². The highest BCUT2D eigenvalue weighted by molar-refractivity contribution is 5.99. The highest BCUT2D eigenvalue weighted by Gasteiger charge is 2.10. The number of nitro benzene ring substituents is 1. The molecule has 0 aliphatic carbocycles. The first-order valence-corrected chi connectivity index (χ1v) is 8.97. The molecule has 0 heterocycles. The highest BCUT2D eigenvalue weighted by Crippen LogP contribution is 2.24. The summed E-state index contributed by atoms with van der Waals surface area (Å²) < 4.78 is 10.6. The molecule has 0 N–H and O–H groups in total. The van der Waals surface area contributed by atoms with E-state index in [0.29, 0.717) is 17.1 Å². The van der Waals surface area contributed by atoms with Gasteiger partial charge in [0, 0.05) is 23.8 Å². The van der Waals surface area contributed by atoms with Crippen molar-refractivity contribution in [1.82, 2.24) is 0 Å². The van der Waals surface area contributed by atoms with E-state index in [-0.39, 0.29) is 18.1 Å². The predicted octanol–water partition coefficient (Wildman–Crippen LogP) is 4.83. The third-order valence-electron chi connectivity index (χ3n) is 4.02. The molecule has 3 aromatic rings. The molecular formula is C23H17NO6. The third kappa shape index (κ3) is 5.87. The molecule has 0 saturated heterocycles. The monoisotopic (exact) mass is 403 g/mol. The fourth-order valence-corrected chi connectivity index (χ4v) is 2.48. The minimum atomic E-state index is -0.606. The molecule has 0 aromatic heterocycles. The molecule has 0 unspecified atom stereocenters. The quantitative estimate of drug-likeness (QED) is 0.176. The zero-order valence-corrected chi connectivity index (χ0v) is 15.8. The van der Waals surface area contributed by atoms with Crippen LogP contribution in [0.2, 0.25) is 0 Å². The van der Waals surface area contributed by atoms with Crippen LogP contribution in [-0.4, -0.2) is 23.3 Å². The van der Waals surface area contributed by atoms with Gasteiger partial charge in [-0.25, -0.2) is 4.79 Å². The number of benzene rings is 3. The molecule has 0 spiro atoms. The molecule has 0 bridgehead atoms. The summed E-state index contributed by atoms with van der Waals surface area (Å²) in [5, 5.41) is 10.7. The predicted molar refractivity (Wildman–Crippen MR) is 110 cm³/mol. The van der Waals surface area contributed by atoms with Gasteiger partial charge in [-0.3, -0.25) is 14.9 Å². The van der Waals surface area contributed by atoms with Crippen LogP contribution in [0.5, 0.6) is 11.5 Å². The number of esters is 1. The van der Waals surface area contributed by atoms with Crippen LogP contribution in [0.25, 0.3) is 6.08 Å². The summed E-state index contributed by atoms with van der Waals surface area (Å²) in [5.74, 6) is -0.0642. The van der Waals surface area contributed by atoms with Crippen molar-refractivity contribution >= 4 is 23.5 Å². The average Bonchev–Trinajstić information content (AvgIpc) is 2.77. The Kier molecular flexibility index (Phi) is 6.68. The number of Topliss-reactive ketones (excluding diaryl/α,β-unsaturated/α-hetero) is 1. The standard InChI is InChI=1S/C23H17NO6/c25-22(16-29-23(26)15-6-17-4-2-1-3-5-17)18-7-11-20(12-8-18)30-21-13-9-19(10-14-21)24(27)28/h1-15H,16H2/b15-6+. The van der Waals surface area contributed by atoms with Crippen LogP contribution in [-0.2, 0) is 9.53 Å². The van der Waals surface area contributed by atoms with Gasteiger partial charge in [0.1, 0.15) is 11.5 Å². The van der Waals surface area contributed by atoms with Gasteiger partial charge in [0.2, 0.25) is 0 Å². The van der Waals surface area contributed by atoms with Gasteiger partial charge in [-0.15, -0.1) is 0 Å². The Hall–Kier alpha value is -4.26. The van der Waals surface area contributed by atoms with Gasteiger partial charge in [0.15, 0.2) is 12.4 Å². The minimum Gasteiger partial charge on any atom is -0.457 e. The lowest BCUT2D eigenvalue weighted by Gasteiger charge is -2.07. The second kappa shape index (κ2) is 9.79. The van der Waals surface area contributed by atoms with Gasteiger partial charge < -0.3 is 9.47 Å². The maximum atomic E-state index is 12.2. The minimum absolute atomic E-state index is 0.0311. The zero-order chi connectivity index (χ0) is 21.3. The van der Waals surface area contributed by atoms with Crippen molar-refractivity contribution in [1.29, 1.82) is 0 Å². The number of non-ortho nitro benzene ring substituents is 1. The first-order chi connectivity index (χ1) is 14.5. The van der Waals surface area contributed by atoms with Crippen molar-refractivity contribution in [3.63, 3.8) is 0 Å². The molecule has 0 amide bonds. The Balaban J connectivity index is 1.51. The van der Waals surface area contributed by atoms with E-state index in [1.165, 1.54) is 30.3 Å². The number of hydrogen-bond acceptors (Lipinski definition) is 6. The first-order valence-electron chi connectivity index (χ1n) is 8.97. The van der Waals surface area contributed by atoms with E-state index in [9.17, 15) is 19.7 Å². The van der Waals surface area contributed by atoms with Crippen LogP contribution < -0.4 is 4.74 Å². The number of nitro groups is 1. The van der Waals surface area contributed by atoms with E-state index < -0.39 is 10.9 Å². The Morgan fingerprint density at radius 3 is 2.07 bits per heavy atom. The molecule has 0 radical (unpaired) electrons. The lowest BCUT2D eigenvalue weighted by Crippen LogP contribution is -2.12. The molecule has 3 aromatic carbocycles. The first kappa shape index (κ1) is 20.5. The highest BCUT2D eigenvalue weighted by atomic mass is 16.6. The number of nitrogens with zero attached hydrogens (tertiary/aromatic N) is 1. The topological polar surface area (TPSA) is 95.7 Å². The van der Waals surface area contributed by atoms with Crippen LogP contribution >= 0.6 is 0 Å². The number of rotatable bonds is 8. The van der Waals surface area contributed by atoms with Gasteiger partial charge in [0.25, 0.3) is 5.69 Å². The van der Waals surface area contributed by atoms with Crippen LogP contribution in [0.3, 0.4) is 0 Å². The van der Waals surface area contributed by atoms with E-state index >= 15 is 0 Å². The second-order valence-corrected chi connectivity index (χ2v) is 6.15. The summed E-state index contributed by atoms with van der Waals surface area (Å²) in [7, 11) is 0. The number of hydrogen-bond donors (Lipinski definition) is 0. The molecule has 0 saturated carbocycles. The maximum absolute atomic E-state index is 12.2. The maximum Gasteiger partial charge on any atom is 0.331 e. The number of ether oxygens (including phenoxy) is 2.